The number of alkyl halides is 3. The molecule has 1 aromatic rings. The van der Waals surface area contributed by atoms with Crippen molar-refractivity contribution in [3.63, 3.8) is 0 Å². The molecular weight excluding hydrogens is 373 g/mol. The normalized spacial score (nSPS) is 28.0. The summed E-state index contributed by atoms with van der Waals surface area (Å²) in [5.41, 5.74) is -3.31. The Morgan fingerprint density at radius 2 is 1.86 bits per heavy atom. The first kappa shape index (κ1) is 20.6. The highest BCUT2D eigenvalue weighted by molar-refractivity contribution is 5.99. The number of methoxy groups -OCH3 is 1. The van der Waals surface area contributed by atoms with Crippen LogP contribution in [0.2, 0.25) is 0 Å². The fourth-order valence-electron chi connectivity index (χ4n) is 4.06. The fraction of sp³-hybridized carbons (Fsp3) is 0.600. The predicted molar refractivity (Wildman–Crippen MR) is 97.9 cm³/mol. The van der Waals surface area contributed by atoms with Gasteiger partial charge >= 0.3 is 6.18 Å². The molecule has 0 aromatic heterocycles. The zero-order valence-corrected chi connectivity index (χ0v) is 16.4. The van der Waals surface area contributed by atoms with Crippen molar-refractivity contribution in [2.75, 3.05) is 7.11 Å². The van der Waals surface area contributed by atoms with Gasteiger partial charge in [0.2, 0.25) is 0 Å². The summed E-state index contributed by atoms with van der Waals surface area (Å²) in [6.07, 6.45) is -3.90. The van der Waals surface area contributed by atoms with Gasteiger partial charge in [-0.3, -0.25) is 4.79 Å². The maximum atomic E-state index is 14.0. The lowest BCUT2D eigenvalue weighted by molar-refractivity contribution is -0.314. The molecule has 1 N–H and O–H groups in total. The molecule has 3 rings (SSSR count). The molecule has 0 spiro atoms. The number of carbonyl (C=O) groups excluding carboxylic acids is 1. The third kappa shape index (κ3) is 3.27. The van der Waals surface area contributed by atoms with Crippen LogP contribution in [-0.4, -0.2) is 40.7 Å². The van der Waals surface area contributed by atoms with E-state index in [4.69, 9.17) is 4.74 Å². The Balaban J connectivity index is 1.99. The van der Waals surface area contributed by atoms with Gasteiger partial charge in [0.1, 0.15) is 5.75 Å². The van der Waals surface area contributed by atoms with Crippen molar-refractivity contribution < 1.29 is 27.8 Å². The summed E-state index contributed by atoms with van der Waals surface area (Å²) in [7, 11) is 1.45. The Kier molecular flexibility index (Phi) is 4.98. The summed E-state index contributed by atoms with van der Waals surface area (Å²) in [6.45, 7) is 5.92. The zero-order chi connectivity index (χ0) is 20.9. The largest absolute Gasteiger partial charge is 0.497 e. The van der Waals surface area contributed by atoms with E-state index in [-0.39, 0.29) is 34.0 Å². The lowest BCUT2D eigenvalue weighted by Gasteiger charge is -2.42. The van der Waals surface area contributed by atoms with Crippen molar-refractivity contribution in [3.05, 3.63) is 29.8 Å². The highest BCUT2D eigenvalue weighted by atomic mass is 19.4. The van der Waals surface area contributed by atoms with E-state index >= 15 is 0 Å². The number of nitrogens with zero attached hydrogens (tertiary/aromatic N) is 2. The van der Waals surface area contributed by atoms with Crippen LogP contribution in [-0.2, 0) is 0 Å². The average Bonchev–Trinajstić information content (AvgIpc) is 2.94. The van der Waals surface area contributed by atoms with Crippen LogP contribution in [0.5, 0.6) is 5.75 Å². The molecule has 0 saturated heterocycles. The number of carbonyl (C=O) groups is 1. The van der Waals surface area contributed by atoms with E-state index in [0.29, 0.717) is 18.6 Å². The number of hydrogen-bond acceptors (Lipinski definition) is 4. The van der Waals surface area contributed by atoms with Crippen LogP contribution in [0.4, 0.5) is 13.2 Å². The van der Waals surface area contributed by atoms with E-state index in [9.17, 15) is 23.1 Å². The van der Waals surface area contributed by atoms with Crippen LogP contribution in [0.1, 0.15) is 50.4 Å². The zero-order valence-electron chi connectivity index (χ0n) is 16.4. The van der Waals surface area contributed by atoms with Crippen molar-refractivity contribution in [2.24, 2.45) is 22.4 Å². The molecule has 1 aliphatic carbocycles. The monoisotopic (exact) mass is 398 g/mol. The minimum atomic E-state index is -5.04. The van der Waals surface area contributed by atoms with Gasteiger partial charge in [-0.15, -0.1) is 0 Å². The van der Waals surface area contributed by atoms with E-state index in [1.165, 1.54) is 31.4 Å². The van der Waals surface area contributed by atoms with Crippen molar-refractivity contribution in [1.82, 2.24) is 5.01 Å². The van der Waals surface area contributed by atoms with Crippen LogP contribution < -0.4 is 4.74 Å². The van der Waals surface area contributed by atoms with E-state index < -0.39 is 23.7 Å². The van der Waals surface area contributed by atoms with E-state index in [0.717, 1.165) is 0 Å². The van der Waals surface area contributed by atoms with E-state index in [2.05, 4.69) is 5.10 Å². The first-order valence-corrected chi connectivity index (χ1v) is 9.24. The molecule has 1 amide bonds. The van der Waals surface area contributed by atoms with Gasteiger partial charge in [-0.05, 0) is 54.9 Å². The molecule has 1 fully saturated rings. The van der Waals surface area contributed by atoms with Crippen molar-refractivity contribution in [2.45, 2.75) is 51.9 Å². The second-order valence-corrected chi connectivity index (χ2v) is 8.55. The van der Waals surface area contributed by atoms with Crippen molar-refractivity contribution >= 4 is 11.6 Å². The van der Waals surface area contributed by atoms with Crippen LogP contribution in [0.3, 0.4) is 0 Å². The first-order valence-electron chi connectivity index (χ1n) is 9.24. The molecule has 3 atom stereocenters. The summed E-state index contributed by atoms with van der Waals surface area (Å²) in [4.78, 5) is 12.8. The number of hydrogen-bond donors (Lipinski definition) is 1. The van der Waals surface area contributed by atoms with Crippen molar-refractivity contribution in [1.29, 1.82) is 0 Å². The summed E-state index contributed by atoms with van der Waals surface area (Å²) >= 11 is 0. The van der Waals surface area contributed by atoms with Crippen LogP contribution >= 0.6 is 0 Å². The van der Waals surface area contributed by atoms with Gasteiger partial charge in [0, 0.05) is 11.3 Å². The number of rotatable bonds is 2. The van der Waals surface area contributed by atoms with E-state index in [1.807, 2.05) is 20.8 Å². The Hall–Kier alpha value is -2.09. The first-order chi connectivity index (χ1) is 12.9. The maximum Gasteiger partial charge on any atom is 0.439 e. The quantitative estimate of drug-likeness (QED) is 0.811. The predicted octanol–water partition coefficient (Wildman–Crippen LogP) is 4.22. The minimum absolute atomic E-state index is 0.00107. The molecule has 0 unspecified atom stereocenters. The molecule has 1 heterocycles. The summed E-state index contributed by atoms with van der Waals surface area (Å²) in [6, 6.07) is 5.67. The Bertz CT molecular complexity index is 783. The second-order valence-electron chi connectivity index (χ2n) is 8.55. The molecule has 1 aromatic carbocycles. The molecule has 1 aliphatic heterocycles. The third-order valence-corrected chi connectivity index (χ3v) is 5.88. The number of hydrazone groups is 1. The topological polar surface area (TPSA) is 62.1 Å². The molecule has 154 valence electrons. The van der Waals surface area contributed by atoms with Gasteiger partial charge in [-0.25, -0.2) is 0 Å². The lowest BCUT2D eigenvalue weighted by atomic mass is 9.66. The van der Waals surface area contributed by atoms with Crippen LogP contribution in [0.15, 0.2) is 29.4 Å². The number of aliphatic hydroxyl groups is 1. The standard InChI is InChI=1S/C20H25F3N2O3/c1-18(2,3)13-7-10-16-15(11-13)19(27,20(21,22)23)25(24-16)17(26)12-5-8-14(28-4)9-6-12/h5-6,8-9,13,15,27H,7,10-11H2,1-4H3/t13-,15-,19+/m0/s1. The molecule has 8 heteroatoms. The van der Waals surface area contributed by atoms with Gasteiger partial charge in [0.05, 0.1) is 13.0 Å². The summed E-state index contributed by atoms with van der Waals surface area (Å²) in [5.74, 6) is -1.79. The number of ether oxygens (including phenoxy) is 1. The Morgan fingerprint density at radius 3 is 2.36 bits per heavy atom. The molecule has 1 saturated carbocycles. The number of amides is 1. The maximum absolute atomic E-state index is 14.0. The number of halogens is 3. The molecule has 0 radical (unpaired) electrons. The summed E-state index contributed by atoms with van der Waals surface area (Å²) < 4.78 is 47.1. The molecule has 28 heavy (non-hydrogen) atoms. The lowest BCUT2D eigenvalue weighted by Crippen LogP contribution is -2.62. The van der Waals surface area contributed by atoms with Crippen molar-refractivity contribution in [3.8, 4) is 5.75 Å². The van der Waals surface area contributed by atoms with Crippen LogP contribution in [0, 0.1) is 17.3 Å². The number of fused-ring (bicyclic) bond motifs is 1. The third-order valence-electron chi connectivity index (χ3n) is 5.88. The second kappa shape index (κ2) is 6.76. The number of benzene rings is 1. The average molecular weight is 398 g/mol. The van der Waals surface area contributed by atoms with Gasteiger partial charge in [-0.1, -0.05) is 20.8 Å². The van der Waals surface area contributed by atoms with Gasteiger partial charge in [-0.2, -0.15) is 23.3 Å². The summed E-state index contributed by atoms with van der Waals surface area (Å²) in [5, 5.41) is 15.0. The van der Waals surface area contributed by atoms with Gasteiger partial charge in [0.15, 0.2) is 0 Å². The van der Waals surface area contributed by atoms with Gasteiger partial charge in [0.25, 0.3) is 11.6 Å². The molecule has 5 nitrogen and oxygen atoms in total. The highest BCUT2D eigenvalue weighted by Crippen LogP contribution is 2.52. The molecule has 0 bridgehead atoms. The Morgan fingerprint density at radius 1 is 1.25 bits per heavy atom. The SMILES string of the molecule is COc1ccc(C(=O)N2N=C3CC[C@H](C(C)(C)C)C[C@@H]3[C@@]2(O)C(F)(F)F)cc1. The van der Waals surface area contributed by atoms with Crippen LogP contribution in [0.25, 0.3) is 0 Å². The molecular formula is C20H25F3N2O3. The fourth-order valence-corrected chi connectivity index (χ4v) is 4.06. The van der Waals surface area contributed by atoms with Gasteiger partial charge < -0.3 is 9.84 Å². The highest BCUT2D eigenvalue weighted by Gasteiger charge is 2.69. The van der Waals surface area contributed by atoms with E-state index in [1.54, 1.807) is 0 Å². The minimum Gasteiger partial charge on any atom is -0.497 e. The Labute approximate surface area is 162 Å². The molecule has 2 aliphatic rings. The smallest absolute Gasteiger partial charge is 0.439 e.